The fourth-order valence-electron chi connectivity index (χ4n) is 2.29. The molecule has 0 atom stereocenters. The third kappa shape index (κ3) is 4.35. The summed E-state index contributed by atoms with van der Waals surface area (Å²) in [6.45, 7) is 1.55. The first kappa shape index (κ1) is 19.1. The third-order valence-electron chi connectivity index (χ3n) is 3.53. The third-order valence-corrected chi connectivity index (χ3v) is 8.24. The van der Waals surface area contributed by atoms with Gasteiger partial charge in [0.25, 0.3) is 0 Å². The summed E-state index contributed by atoms with van der Waals surface area (Å²) in [4.78, 5) is 4.11. The summed E-state index contributed by atoms with van der Waals surface area (Å²) in [6.07, 6.45) is 0. The van der Waals surface area contributed by atoms with Gasteiger partial charge >= 0.3 is 0 Å². The summed E-state index contributed by atoms with van der Waals surface area (Å²) in [5.74, 6) is -0.254. The number of anilines is 1. The molecule has 0 amide bonds. The highest BCUT2D eigenvalue weighted by atomic mass is 35.5. The van der Waals surface area contributed by atoms with E-state index in [1.165, 1.54) is 0 Å². The fourth-order valence-corrected chi connectivity index (χ4v) is 6.03. The first-order valence-electron chi connectivity index (χ1n) is 7.57. The van der Waals surface area contributed by atoms with Crippen molar-refractivity contribution in [2.45, 2.75) is 17.0 Å². The zero-order valence-corrected chi connectivity index (χ0v) is 16.8. The van der Waals surface area contributed by atoms with Crippen LogP contribution in [0.3, 0.4) is 0 Å². The van der Waals surface area contributed by atoms with E-state index < -0.39 is 19.9 Å². The van der Waals surface area contributed by atoms with Crippen LogP contribution >= 0.6 is 22.9 Å². The fraction of sp³-hybridized carbons (Fsp3) is 0.188. The van der Waals surface area contributed by atoms with Crippen molar-refractivity contribution in [3.63, 3.8) is 0 Å². The molecule has 10 heteroatoms. The van der Waals surface area contributed by atoms with Gasteiger partial charge in [-0.25, -0.2) is 21.8 Å². The molecular formula is C16H15ClN2O4S3. The highest BCUT2D eigenvalue weighted by molar-refractivity contribution is 7.93. The number of hydrogen-bond acceptors (Lipinski definition) is 6. The first-order chi connectivity index (χ1) is 12.2. The topological polar surface area (TPSA) is 93.2 Å². The van der Waals surface area contributed by atoms with Crippen LogP contribution in [0.2, 0.25) is 5.02 Å². The lowest BCUT2D eigenvalue weighted by atomic mass is 10.2. The van der Waals surface area contributed by atoms with E-state index in [1.807, 2.05) is 0 Å². The maximum atomic E-state index is 12.4. The number of sulfonamides is 1. The predicted octanol–water partition coefficient (Wildman–Crippen LogP) is 3.69. The van der Waals surface area contributed by atoms with Crippen LogP contribution in [-0.4, -0.2) is 27.6 Å². The molecule has 0 aliphatic rings. The molecule has 0 aliphatic heterocycles. The van der Waals surface area contributed by atoms with Crippen LogP contribution in [0.15, 0.2) is 46.8 Å². The number of aromatic nitrogens is 1. The Bertz CT molecular complexity index is 1170. The Kier molecular flexibility index (Phi) is 5.25. The Morgan fingerprint density at radius 2 is 1.88 bits per heavy atom. The van der Waals surface area contributed by atoms with Gasteiger partial charge in [0.05, 0.1) is 27.4 Å². The molecule has 2 aromatic carbocycles. The molecule has 0 saturated carbocycles. The van der Waals surface area contributed by atoms with Gasteiger partial charge in [-0.05, 0) is 35.9 Å². The van der Waals surface area contributed by atoms with Crippen molar-refractivity contribution >= 4 is 58.7 Å². The standard InChI is InChI=1S/C16H15ClN2O4S3/c1-2-25(20,21)16-18-14-7-6-13(9-15(14)24-16)19-26(22,23)10-11-4-3-5-12(17)8-11/h3-9,19H,2,10H2,1H3. The largest absolute Gasteiger partial charge is 0.283 e. The number of thiazole rings is 1. The van der Waals surface area contributed by atoms with Crippen molar-refractivity contribution in [3.05, 3.63) is 53.1 Å². The number of halogens is 1. The summed E-state index contributed by atoms with van der Waals surface area (Å²) >= 11 is 6.90. The number of nitrogens with zero attached hydrogens (tertiary/aromatic N) is 1. The Balaban J connectivity index is 1.86. The van der Waals surface area contributed by atoms with E-state index in [-0.39, 0.29) is 15.8 Å². The van der Waals surface area contributed by atoms with Crippen molar-refractivity contribution < 1.29 is 16.8 Å². The summed E-state index contributed by atoms with van der Waals surface area (Å²) in [7, 11) is -7.04. The number of hydrogen-bond donors (Lipinski definition) is 1. The summed E-state index contributed by atoms with van der Waals surface area (Å²) in [6, 6.07) is 11.4. The number of sulfone groups is 1. The van der Waals surface area contributed by atoms with Crippen LogP contribution in [0.5, 0.6) is 0 Å². The minimum absolute atomic E-state index is 0.0358. The molecule has 0 aliphatic carbocycles. The van der Waals surface area contributed by atoms with Crippen LogP contribution in [0.25, 0.3) is 10.2 Å². The Hall–Kier alpha value is -1.68. The van der Waals surface area contributed by atoms with Gasteiger partial charge in [0.2, 0.25) is 24.2 Å². The number of benzene rings is 2. The zero-order valence-electron chi connectivity index (χ0n) is 13.6. The van der Waals surface area contributed by atoms with Gasteiger partial charge in [-0.2, -0.15) is 0 Å². The van der Waals surface area contributed by atoms with E-state index in [0.29, 0.717) is 26.5 Å². The Morgan fingerprint density at radius 1 is 1.12 bits per heavy atom. The molecule has 0 saturated heterocycles. The van der Waals surface area contributed by atoms with Gasteiger partial charge in [0.1, 0.15) is 0 Å². The lowest BCUT2D eigenvalue weighted by molar-refractivity contribution is 0.596. The normalized spacial score (nSPS) is 12.4. The lowest BCUT2D eigenvalue weighted by Crippen LogP contribution is -2.14. The molecule has 0 bridgehead atoms. The molecule has 0 spiro atoms. The molecule has 0 radical (unpaired) electrons. The van der Waals surface area contributed by atoms with E-state index >= 15 is 0 Å². The van der Waals surface area contributed by atoms with Crippen molar-refractivity contribution in [2.75, 3.05) is 10.5 Å². The Labute approximate surface area is 160 Å². The molecule has 3 aromatic rings. The molecule has 0 fully saturated rings. The van der Waals surface area contributed by atoms with Crippen molar-refractivity contribution in [2.24, 2.45) is 0 Å². The van der Waals surface area contributed by atoms with E-state index in [0.717, 1.165) is 11.3 Å². The molecule has 3 rings (SSSR count). The molecule has 0 unspecified atom stereocenters. The average molecular weight is 431 g/mol. The SMILES string of the molecule is CCS(=O)(=O)c1nc2ccc(NS(=O)(=O)Cc3cccc(Cl)c3)cc2s1. The molecule has 1 heterocycles. The number of nitrogens with one attached hydrogen (secondary N) is 1. The second kappa shape index (κ2) is 7.15. The lowest BCUT2D eigenvalue weighted by Gasteiger charge is -2.08. The smallest absolute Gasteiger partial charge is 0.236 e. The van der Waals surface area contributed by atoms with Crippen molar-refractivity contribution in [1.29, 1.82) is 0 Å². The Morgan fingerprint density at radius 3 is 2.58 bits per heavy atom. The maximum absolute atomic E-state index is 12.4. The quantitative estimate of drug-likeness (QED) is 0.643. The maximum Gasteiger partial charge on any atom is 0.236 e. The van der Waals surface area contributed by atoms with Crippen LogP contribution in [0.1, 0.15) is 12.5 Å². The summed E-state index contributed by atoms with van der Waals surface area (Å²) < 4.78 is 51.7. The highest BCUT2D eigenvalue weighted by Gasteiger charge is 2.18. The minimum atomic E-state index is -3.64. The van der Waals surface area contributed by atoms with Gasteiger partial charge in [0, 0.05) is 5.02 Å². The second-order valence-corrected chi connectivity index (χ2v) is 11.2. The van der Waals surface area contributed by atoms with Crippen molar-refractivity contribution in [1.82, 2.24) is 4.98 Å². The van der Waals surface area contributed by atoms with Gasteiger partial charge in [-0.15, -0.1) is 11.3 Å². The molecule has 26 heavy (non-hydrogen) atoms. The summed E-state index contributed by atoms with van der Waals surface area (Å²) in [5.41, 5.74) is 1.43. The molecular weight excluding hydrogens is 416 g/mol. The molecule has 1 aromatic heterocycles. The molecule has 138 valence electrons. The average Bonchev–Trinajstić information content (AvgIpc) is 2.98. The zero-order chi connectivity index (χ0) is 18.9. The van der Waals surface area contributed by atoms with E-state index in [9.17, 15) is 16.8 Å². The van der Waals surface area contributed by atoms with Crippen LogP contribution in [0.4, 0.5) is 5.69 Å². The van der Waals surface area contributed by atoms with E-state index in [1.54, 1.807) is 49.4 Å². The minimum Gasteiger partial charge on any atom is -0.283 e. The van der Waals surface area contributed by atoms with E-state index in [4.69, 9.17) is 11.6 Å². The summed E-state index contributed by atoms with van der Waals surface area (Å²) in [5, 5.41) is 0.466. The highest BCUT2D eigenvalue weighted by Crippen LogP contribution is 2.29. The van der Waals surface area contributed by atoms with Crippen LogP contribution in [0, 0.1) is 0 Å². The van der Waals surface area contributed by atoms with Crippen molar-refractivity contribution in [3.8, 4) is 0 Å². The number of rotatable bonds is 6. The second-order valence-electron chi connectivity index (χ2n) is 5.56. The van der Waals surface area contributed by atoms with Gasteiger partial charge in [-0.1, -0.05) is 30.7 Å². The van der Waals surface area contributed by atoms with E-state index in [2.05, 4.69) is 9.71 Å². The predicted molar refractivity (Wildman–Crippen MR) is 105 cm³/mol. The van der Waals surface area contributed by atoms with Gasteiger partial charge < -0.3 is 0 Å². The monoisotopic (exact) mass is 430 g/mol. The molecule has 6 nitrogen and oxygen atoms in total. The van der Waals surface area contributed by atoms with Crippen LogP contribution in [-0.2, 0) is 25.6 Å². The molecule has 1 N–H and O–H groups in total. The van der Waals surface area contributed by atoms with Gasteiger partial charge in [0.15, 0.2) is 0 Å². The van der Waals surface area contributed by atoms with Gasteiger partial charge in [-0.3, -0.25) is 4.72 Å². The number of fused-ring (bicyclic) bond motifs is 1. The first-order valence-corrected chi connectivity index (χ1v) is 12.1. The van der Waals surface area contributed by atoms with Crippen LogP contribution < -0.4 is 4.72 Å².